The van der Waals surface area contributed by atoms with Gasteiger partial charge in [0, 0.05) is 37.2 Å². The summed E-state index contributed by atoms with van der Waals surface area (Å²) < 4.78 is 1.16. The Labute approximate surface area is 124 Å². The number of hydrogen-bond acceptors (Lipinski definition) is 2. The Morgan fingerprint density at radius 2 is 1.68 bits per heavy atom. The highest BCUT2D eigenvalue weighted by atomic mass is 79.9. The summed E-state index contributed by atoms with van der Waals surface area (Å²) in [4.78, 5) is 2.65. The zero-order valence-electron chi connectivity index (χ0n) is 11.9. The summed E-state index contributed by atoms with van der Waals surface area (Å²) in [7, 11) is 0. The van der Waals surface area contributed by atoms with Crippen molar-refractivity contribution in [2.45, 2.75) is 26.8 Å². The molecule has 2 unspecified atom stereocenters. The molecule has 1 N–H and O–H groups in total. The molecule has 0 amide bonds. The molecule has 3 heteroatoms. The third-order valence-corrected chi connectivity index (χ3v) is 5.02. The molecule has 0 aliphatic carbocycles. The van der Waals surface area contributed by atoms with Crippen molar-refractivity contribution < 1.29 is 0 Å². The van der Waals surface area contributed by atoms with Gasteiger partial charge in [-0.2, -0.15) is 0 Å². The second-order valence-corrected chi connectivity index (χ2v) is 8.09. The lowest BCUT2D eigenvalue weighted by Crippen LogP contribution is -2.60. The molecule has 2 nitrogen and oxygen atoms in total. The van der Waals surface area contributed by atoms with Crippen LogP contribution in [0.5, 0.6) is 0 Å². The lowest BCUT2D eigenvalue weighted by atomic mass is 9.66. The fourth-order valence-electron chi connectivity index (χ4n) is 4.14. The second kappa shape index (κ2) is 4.87. The molecule has 1 aromatic rings. The standard InChI is InChI=1S/C16H23BrN2/c1-15-8-16(2,10-18-9-15)12-19(11-15)7-13-3-5-14(17)6-4-13/h3-6,18H,7-12H2,1-2H3. The van der Waals surface area contributed by atoms with Gasteiger partial charge in [0.25, 0.3) is 0 Å². The van der Waals surface area contributed by atoms with E-state index in [1.165, 1.54) is 38.2 Å². The van der Waals surface area contributed by atoms with Gasteiger partial charge >= 0.3 is 0 Å². The Balaban J connectivity index is 1.73. The Hall–Kier alpha value is -0.380. The monoisotopic (exact) mass is 322 g/mol. The fourth-order valence-corrected chi connectivity index (χ4v) is 4.40. The Bertz CT molecular complexity index is 440. The van der Waals surface area contributed by atoms with Crippen molar-refractivity contribution in [3.8, 4) is 0 Å². The van der Waals surface area contributed by atoms with Crippen molar-refractivity contribution in [2.75, 3.05) is 26.2 Å². The number of nitrogens with zero attached hydrogens (tertiary/aromatic N) is 1. The maximum absolute atomic E-state index is 3.63. The van der Waals surface area contributed by atoms with Gasteiger partial charge in [0.2, 0.25) is 0 Å². The molecule has 1 aromatic carbocycles. The molecule has 19 heavy (non-hydrogen) atoms. The Kier molecular flexibility index (Phi) is 3.48. The molecule has 0 saturated carbocycles. The maximum Gasteiger partial charge on any atom is 0.0234 e. The molecule has 0 aromatic heterocycles. The summed E-state index contributed by atoms with van der Waals surface area (Å²) in [6, 6.07) is 8.75. The van der Waals surface area contributed by atoms with Crippen molar-refractivity contribution >= 4 is 15.9 Å². The Morgan fingerprint density at radius 1 is 1.11 bits per heavy atom. The summed E-state index contributed by atoms with van der Waals surface area (Å²) in [5, 5.41) is 3.63. The molecule has 2 heterocycles. The average Bonchev–Trinajstić information content (AvgIpc) is 2.29. The first-order valence-electron chi connectivity index (χ1n) is 7.14. The third kappa shape index (κ3) is 3.04. The van der Waals surface area contributed by atoms with Gasteiger partial charge in [0.1, 0.15) is 0 Å². The highest BCUT2D eigenvalue weighted by Gasteiger charge is 2.45. The first-order valence-corrected chi connectivity index (χ1v) is 7.93. The molecule has 2 aliphatic heterocycles. The van der Waals surface area contributed by atoms with Crippen molar-refractivity contribution in [1.82, 2.24) is 10.2 Å². The van der Waals surface area contributed by atoms with Crippen LogP contribution in [0.25, 0.3) is 0 Å². The zero-order chi connectivity index (χ0) is 13.5. The summed E-state index contributed by atoms with van der Waals surface area (Å²) >= 11 is 3.51. The van der Waals surface area contributed by atoms with Crippen molar-refractivity contribution in [2.24, 2.45) is 10.8 Å². The number of piperidine rings is 2. The third-order valence-electron chi connectivity index (χ3n) is 4.49. The van der Waals surface area contributed by atoms with Gasteiger partial charge in [0.05, 0.1) is 0 Å². The molecular formula is C16H23BrN2. The van der Waals surface area contributed by atoms with E-state index in [2.05, 4.69) is 64.3 Å². The normalized spacial score (nSPS) is 35.3. The van der Waals surface area contributed by atoms with E-state index >= 15 is 0 Å². The second-order valence-electron chi connectivity index (χ2n) is 7.17. The highest BCUT2D eigenvalue weighted by molar-refractivity contribution is 9.10. The fraction of sp³-hybridized carbons (Fsp3) is 0.625. The van der Waals surface area contributed by atoms with Crippen LogP contribution in [-0.4, -0.2) is 31.1 Å². The quantitative estimate of drug-likeness (QED) is 0.899. The molecule has 2 aliphatic rings. The predicted molar refractivity (Wildman–Crippen MR) is 83.1 cm³/mol. The van der Waals surface area contributed by atoms with Crippen molar-refractivity contribution in [3.05, 3.63) is 34.3 Å². The minimum atomic E-state index is 0.445. The largest absolute Gasteiger partial charge is 0.316 e. The summed E-state index contributed by atoms with van der Waals surface area (Å²) in [6.45, 7) is 10.7. The van der Waals surface area contributed by atoms with Gasteiger partial charge in [-0.1, -0.05) is 41.9 Å². The first-order chi connectivity index (χ1) is 8.96. The number of halogens is 1. The number of benzene rings is 1. The van der Waals surface area contributed by atoms with E-state index in [1.54, 1.807) is 0 Å². The number of rotatable bonds is 2. The topological polar surface area (TPSA) is 15.3 Å². The molecule has 0 spiro atoms. The summed E-state index contributed by atoms with van der Waals surface area (Å²) in [5.41, 5.74) is 2.31. The van der Waals surface area contributed by atoms with Crippen LogP contribution in [-0.2, 0) is 6.54 Å². The first kappa shape index (κ1) is 13.6. The molecular weight excluding hydrogens is 300 g/mol. The van der Waals surface area contributed by atoms with Gasteiger partial charge in [-0.05, 0) is 34.9 Å². The van der Waals surface area contributed by atoms with E-state index in [0.717, 1.165) is 11.0 Å². The van der Waals surface area contributed by atoms with E-state index in [1.807, 2.05) is 0 Å². The minimum Gasteiger partial charge on any atom is -0.316 e. The number of hydrogen-bond donors (Lipinski definition) is 1. The summed E-state index contributed by atoms with van der Waals surface area (Å²) in [6.07, 6.45) is 1.36. The molecule has 2 bridgehead atoms. The molecule has 2 atom stereocenters. The average molecular weight is 323 g/mol. The van der Waals surface area contributed by atoms with Crippen LogP contribution in [0, 0.1) is 10.8 Å². The molecule has 2 fully saturated rings. The van der Waals surface area contributed by atoms with Crippen LogP contribution < -0.4 is 5.32 Å². The molecule has 0 radical (unpaired) electrons. The van der Waals surface area contributed by atoms with Gasteiger partial charge < -0.3 is 5.32 Å². The van der Waals surface area contributed by atoms with E-state index in [4.69, 9.17) is 0 Å². The van der Waals surface area contributed by atoms with Crippen molar-refractivity contribution in [3.63, 3.8) is 0 Å². The van der Waals surface area contributed by atoms with Gasteiger partial charge in [-0.15, -0.1) is 0 Å². The Morgan fingerprint density at radius 3 is 2.26 bits per heavy atom. The van der Waals surface area contributed by atoms with Crippen LogP contribution in [0.3, 0.4) is 0 Å². The van der Waals surface area contributed by atoms with Crippen LogP contribution in [0.2, 0.25) is 0 Å². The zero-order valence-corrected chi connectivity index (χ0v) is 13.5. The molecule has 3 rings (SSSR count). The van der Waals surface area contributed by atoms with Gasteiger partial charge in [0.15, 0.2) is 0 Å². The van der Waals surface area contributed by atoms with E-state index in [0.29, 0.717) is 10.8 Å². The minimum absolute atomic E-state index is 0.445. The van der Waals surface area contributed by atoms with Gasteiger partial charge in [-0.3, -0.25) is 4.90 Å². The van der Waals surface area contributed by atoms with E-state index in [-0.39, 0.29) is 0 Å². The lowest BCUT2D eigenvalue weighted by Gasteiger charge is -2.54. The lowest BCUT2D eigenvalue weighted by molar-refractivity contribution is -0.0237. The summed E-state index contributed by atoms with van der Waals surface area (Å²) in [5.74, 6) is 0. The molecule has 2 saturated heterocycles. The van der Waals surface area contributed by atoms with Crippen molar-refractivity contribution in [1.29, 1.82) is 0 Å². The number of likely N-dealkylation sites (tertiary alicyclic amines) is 1. The molecule has 104 valence electrons. The van der Waals surface area contributed by atoms with Crippen LogP contribution in [0.4, 0.5) is 0 Å². The predicted octanol–water partition coefficient (Wildman–Crippen LogP) is 3.27. The smallest absolute Gasteiger partial charge is 0.0234 e. The SMILES string of the molecule is CC12CNCC(C)(CN(Cc3ccc(Br)cc3)C1)C2. The number of fused-ring (bicyclic) bond motifs is 2. The maximum atomic E-state index is 3.63. The van der Waals surface area contributed by atoms with Gasteiger partial charge in [-0.25, -0.2) is 0 Å². The highest BCUT2D eigenvalue weighted by Crippen LogP contribution is 2.42. The number of nitrogens with one attached hydrogen (secondary N) is 1. The van der Waals surface area contributed by atoms with Crippen LogP contribution >= 0.6 is 15.9 Å². The van der Waals surface area contributed by atoms with E-state index in [9.17, 15) is 0 Å². The van der Waals surface area contributed by atoms with E-state index < -0.39 is 0 Å². The van der Waals surface area contributed by atoms with Crippen LogP contribution in [0.1, 0.15) is 25.8 Å². The van der Waals surface area contributed by atoms with Crippen LogP contribution in [0.15, 0.2) is 28.7 Å².